The average molecular weight is 269 g/mol. The third kappa shape index (κ3) is 2.68. The van der Waals surface area contributed by atoms with Crippen LogP contribution >= 0.6 is 0 Å². The highest BCUT2D eigenvalue weighted by Crippen LogP contribution is 2.45. The molecular formula is C15H27NO3. The van der Waals surface area contributed by atoms with Gasteiger partial charge in [-0.3, -0.25) is 4.90 Å². The van der Waals surface area contributed by atoms with E-state index in [1.807, 2.05) is 0 Å². The van der Waals surface area contributed by atoms with Gasteiger partial charge in [-0.15, -0.1) is 0 Å². The first-order chi connectivity index (χ1) is 9.26. The van der Waals surface area contributed by atoms with E-state index >= 15 is 0 Å². The highest BCUT2D eigenvalue weighted by molar-refractivity contribution is 4.96. The van der Waals surface area contributed by atoms with Crippen molar-refractivity contribution in [3.8, 4) is 0 Å². The van der Waals surface area contributed by atoms with E-state index < -0.39 is 0 Å². The zero-order valence-electron chi connectivity index (χ0n) is 12.0. The number of fused-ring (bicyclic) bond motifs is 1. The molecule has 2 saturated heterocycles. The Morgan fingerprint density at radius 2 is 2.11 bits per heavy atom. The van der Waals surface area contributed by atoms with Gasteiger partial charge in [-0.2, -0.15) is 0 Å². The summed E-state index contributed by atoms with van der Waals surface area (Å²) in [5.41, 5.74) is 0. The Hall–Kier alpha value is -0.160. The lowest BCUT2D eigenvalue weighted by Gasteiger charge is -2.50. The molecule has 0 amide bonds. The summed E-state index contributed by atoms with van der Waals surface area (Å²) in [5, 5.41) is 9.53. The maximum absolute atomic E-state index is 9.53. The van der Waals surface area contributed by atoms with Crippen LogP contribution in [0.15, 0.2) is 0 Å². The van der Waals surface area contributed by atoms with Gasteiger partial charge in [0, 0.05) is 32.0 Å². The molecule has 110 valence electrons. The summed E-state index contributed by atoms with van der Waals surface area (Å²) in [6.45, 7) is 6.29. The second kappa shape index (κ2) is 5.68. The summed E-state index contributed by atoms with van der Waals surface area (Å²) in [6.07, 6.45) is 5.57. The molecule has 1 saturated carbocycles. The molecule has 2 aliphatic heterocycles. The predicted octanol–water partition coefficient (Wildman–Crippen LogP) is 1.62. The molecule has 4 heteroatoms. The smallest absolute Gasteiger partial charge is 0.168 e. The SMILES string of the molecule is CCCN1CC(CO)CC2CC3(CCC21)OCCO3. The van der Waals surface area contributed by atoms with E-state index in [-0.39, 0.29) is 5.79 Å². The van der Waals surface area contributed by atoms with E-state index in [2.05, 4.69) is 11.8 Å². The lowest BCUT2D eigenvalue weighted by molar-refractivity contribution is -0.204. The van der Waals surface area contributed by atoms with Crippen LogP contribution in [0.5, 0.6) is 0 Å². The highest BCUT2D eigenvalue weighted by atomic mass is 16.7. The van der Waals surface area contributed by atoms with E-state index in [1.54, 1.807) is 0 Å². The normalized spacial score (nSPS) is 38.5. The molecule has 1 aliphatic carbocycles. The van der Waals surface area contributed by atoms with Crippen LogP contribution in [0.2, 0.25) is 0 Å². The van der Waals surface area contributed by atoms with Crippen molar-refractivity contribution in [1.82, 2.24) is 4.90 Å². The molecule has 3 fully saturated rings. The van der Waals surface area contributed by atoms with E-state index in [9.17, 15) is 5.11 Å². The van der Waals surface area contributed by atoms with Crippen LogP contribution in [0, 0.1) is 11.8 Å². The summed E-state index contributed by atoms with van der Waals surface area (Å²) in [5.74, 6) is 0.782. The minimum absolute atomic E-state index is 0.281. The minimum atomic E-state index is -0.281. The largest absolute Gasteiger partial charge is 0.396 e. The van der Waals surface area contributed by atoms with Gasteiger partial charge in [-0.05, 0) is 37.6 Å². The van der Waals surface area contributed by atoms with Gasteiger partial charge in [0.1, 0.15) is 0 Å². The van der Waals surface area contributed by atoms with E-state index in [4.69, 9.17) is 9.47 Å². The molecule has 3 aliphatic rings. The Bertz CT molecular complexity index is 304. The van der Waals surface area contributed by atoms with Gasteiger partial charge in [-0.25, -0.2) is 0 Å². The van der Waals surface area contributed by atoms with Gasteiger partial charge < -0.3 is 14.6 Å². The zero-order valence-corrected chi connectivity index (χ0v) is 12.0. The number of hydrogen-bond acceptors (Lipinski definition) is 4. The Balaban J connectivity index is 1.71. The molecule has 3 unspecified atom stereocenters. The van der Waals surface area contributed by atoms with Gasteiger partial charge >= 0.3 is 0 Å². The summed E-state index contributed by atoms with van der Waals surface area (Å²) < 4.78 is 11.8. The summed E-state index contributed by atoms with van der Waals surface area (Å²) in [6, 6.07) is 0.682. The Labute approximate surface area is 116 Å². The lowest BCUT2D eigenvalue weighted by atomic mass is 9.72. The standard InChI is InChI=1S/C15H27NO3/c1-2-5-16-10-12(11-17)8-13-9-15(4-3-14(13)16)18-6-7-19-15/h12-14,17H,2-11H2,1H3. The third-order valence-electron chi connectivity index (χ3n) is 5.12. The first-order valence-corrected chi connectivity index (χ1v) is 7.89. The van der Waals surface area contributed by atoms with Crippen LogP contribution in [-0.4, -0.2) is 54.7 Å². The maximum Gasteiger partial charge on any atom is 0.168 e. The maximum atomic E-state index is 9.53. The van der Waals surface area contributed by atoms with Crippen molar-refractivity contribution in [2.75, 3.05) is 32.9 Å². The topological polar surface area (TPSA) is 41.9 Å². The van der Waals surface area contributed by atoms with Crippen molar-refractivity contribution >= 4 is 0 Å². The van der Waals surface area contributed by atoms with Gasteiger partial charge in [0.15, 0.2) is 5.79 Å². The second-order valence-corrected chi connectivity index (χ2v) is 6.46. The molecule has 3 rings (SSSR count). The van der Waals surface area contributed by atoms with Crippen LogP contribution in [0.3, 0.4) is 0 Å². The molecule has 0 aromatic carbocycles. The lowest BCUT2D eigenvalue weighted by Crippen LogP contribution is -2.55. The van der Waals surface area contributed by atoms with E-state index in [0.29, 0.717) is 24.5 Å². The fourth-order valence-corrected chi connectivity index (χ4v) is 4.37. The molecule has 0 aromatic rings. The van der Waals surface area contributed by atoms with Crippen molar-refractivity contribution < 1.29 is 14.6 Å². The molecule has 3 atom stereocenters. The van der Waals surface area contributed by atoms with Gasteiger partial charge in [0.2, 0.25) is 0 Å². The molecule has 0 aromatic heterocycles. The van der Waals surface area contributed by atoms with E-state index in [0.717, 1.165) is 45.6 Å². The average Bonchev–Trinajstić information content (AvgIpc) is 2.86. The van der Waals surface area contributed by atoms with Crippen molar-refractivity contribution in [3.63, 3.8) is 0 Å². The number of aliphatic hydroxyl groups is 1. The predicted molar refractivity (Wildman–Crippen MR) is 72.8 cm³/mol. The van der Waals surface area contributed by atoms with E-state index in [1.165, 1.54) is 12.8 Å². The zero-order chi connectivity index (χ0) is 13.3. The van der Waals surface area contributed by atoms with Gasteiger partial charge in [0.05, 0.1) is 13.2 Å². The van der Waals surface area contributed by atoms with Gasteiger partial charge in [0.25, 0.3) is 0 Å². The number of rotatable bonds is 3. The first kappa shape index (κ1) is 13.8. The summed E-state index contributed by atoms with van der Waals surface area (Å²) >= 11 is 0. The molecule has 0 bridgehead atoms. The molecule has 19 heavy (non-hydrogen) atoms. The molecule has 1 spiro atoms. The molecular weight excluding hydrogens is 242 g/mol. The first-order valence-electron chi connectivity index (χ1n) is 7.89. The van der Waals surface area contributed by atoms with Crippen LogP contribution in [-0.2, 0) is 9.47 Å². The van der Waals surface area contributed by atoms with Crippen molar-refractivity contribution in [3.05, 3.63) is 0 Å². The Morgan fingerprint density at radius 1 is 1.32 bits per heavy atom. The van der Waals surface area contributed by atoms with Crippen LogP contribution in [0.25, 0.3) is 0 Å². The number of likely N-dealkylation sites (tertiary alicyclic amines) is 1. The summed E-state index contributed by atoms with van der Waals surface area (Å²) in [7, 11) is 0. The molecule has 0 radical (unpaired) electrons. The van der Waals surface area contributed by atoms with Crippen molar-refractivity contribution in [1.29, 1.82) is 0 Å². The van der Waals surface area contributed by atoms with Crippen LogP contribution in [0.4, 0.5) is 0 Å². The van der Waals surface area contributed by atoms with Crippen LogP contribution < -0.4 is 0 Å². The number of aliphatic hydroxyl groups excluding tert-OH is 1. The summed E-state index contributed by atoms with van der Waals surface area (Å²) in [4.78, 5) is 2.61. The van der Waals surface area contributed by atoms with Crippen molar-refractivity contribution in [2.45, 2.75) is 50.9 Å². The number of hydrogen-bond donors (Lipinski definition) is 1. The fraction of sp³-hybridized carbons (Fsp3) is 1.00. The highest BCUT2D eigenvalue weighted by Gasteiger charge is 2.48. The minimum Gasteiger partial charge on any atom is -0.396 e. The van der Waals surface area contributed by atoms with Crippen LogP contribution in [0.1, 0.15) is 39.0 Å². The molecule has 4 nitrogen and oxygen atoms in total. The number of ether oxygens (including phenoxy) is 2. The van der Waals surface area contributed by atoms with Gasteiger partial charge in [-0.1, -0.05) is 6.92 Å². The monoisotopic (exact) mass is 269 g/mol. The number of piperidine rings is 1. The molecule has 2 heterocycles. The quantitative estimate of drug-likeness (QED) is 0.845. The fourth-order valence-electron chi connectivity index (χ4n) is 4.37. The third-order valence-corrected chi connectivity index (χ3v) is 5.12. The Morgan fingerprint density at radius 3 is 2.79 bits per heavy atom. The molecule has 1 N–H and O–H groups in total. The second-order valence-electron chi connectivity index (χ2n) is 6.46. The van der Waals surface area contributed by atoms with Crippen molar-refractivity contribution in [2.24, 2.45) is 11.8 Å². The number of nitrogens with zero attached hydrogens (tertiary/aromatic N) is 1. The Kier molecular flexibility index (Phi) is 4.13.